The summed E-state index contributed by atoms with van der Waals surface area (Å²) in [5, 5.41) is 0. The maximum absolute atomic E-state index is 5.91. The van der Waals surface area contributed by atoms with E-state index in [1.807, 2.05) is 6.07 Å². The van der Waals surface area contributed by atoms with Crippen molar-refractivity contribution in [1.82, 2.24) is 9.97 Å². The van der Waals surface area contributed by atoms with Crippen molar-refractivity contribution in [3.05, 3.63) is 53.0 Å². The number of hydrogen-bond acceptors (Lipinski definition) is 3. The maximum atomic E-state index is 5.91. The van der Waals surface area contributed by atoms with Crippen molar-refractivity contribution in [3.63, 3.8) is 0 Å². The van der Waals surface area contributed by atoms with E-state index in [2.05, 4.69) is 29.2 Å². The molecule has 0 aliphatic heterocycles. The third-order valence-corrected chi connectivity index (χ3v) is 3.94. The van der Waals surface area contributed by atoms with Crippen LogP contribution >= 0.6 is 0 Å². The lowest BCUT2D eigenvalue weighted by Crippen LogP contribution is -2.21. The number of nitrogens with two attached hydrogens (primary N) is 1. The minimum Gasteiger partial charge on any atom is -0.384 e. The van der Waals surface area contributed by atoms with Gasteiger partial charge in [0.2, 0.25) is 0 Å². The molecule has 0 bridgehead atoms. The molecule has 1 unspecified atom stereocenters. The molecule has 1 aromatic carbocycles. The van der Waals surface area contributed by atoms with Crippen LogP contribution in [0.1, 0.15) is 47.3 Å². The minimum atomic E-state index is 0.349. The lowest BCUT2D eigenvalue weighted by Gasteiger charge is -2.29. The first-order valence-corrected chi connectivity index (χ1v) is 6.53. The van der Waals surface area contributed by atoms with Crippen LogP contribution in [-0.4, -0.2) is 9.97 Å². The standard InChI is InChI=1S/C15H15N3/c16-14-8-13(9-5-6-9)17-15(18-14)12-7-10-3-1-2-4-11(10)12/h1-4,8-9,12H,5-7H2,(H2,16,17,18). The van der Waals surface area contributed by atoms with Gasteiger partial charge in [-0.05, 0) is 30.4 Å². The highest BCUT2D eigenvalue weighted by atomic mass is 15.0. The highest BCUT2D eigenvalue weighted by molar-refractivity contribution is 5.45. The van der Waals surface area contributed by atoms with Crippen LogP contribution in [0.4, 0.5) is 5.82 Å². The molecule has 3 heteroatoms. The Kier molecular flexibility index (Phi) is 1.98. The lowest BCUT2D eigenvalue weighted by atomic mass is 9.77. The second kappa shape index (κ2) is 3.55. The molecule has 90 valence electrons. The summed E-state index contributed by atoms with van der Waals surface area (Å²) < 4.78 is 0. The van der Waals surface area contributed by atoms with Gasteiger partial charge in [-0.2, -0.15) is 0 Å². The van der Waals surface area contributed by atoms with Gasteiger partial charge in [-0.15, -0.1) is 0 Å². The van der Waals surface area contributed by atoms with Crippen molar-refractivity contribution in [2.45, 2.75) is 31.1 Å². The normalized spacial score (nSPS) is 21.2. The molecule has 1 saturated carbocycles. The first-order valence-electron chi connectivity index (χ1n) is 6.53. The van der Waals surface area contributed by atoms with Crippen LogP contribution in [-0.2, 0) is 6.42 Å². The predicted octanol–water partition coefficient (Wildman–Crippen LogP) is 2.62. The van der Waals surface area contributed by atoms with E-state index < -0.39 is 0 Å². The number of fused-ring (bicyclic) bond motifs is 1. The third-order valence-electron chi connectivity index (χ3n) is 3.94. The summed E-state index contributed by atoms with van der Waals surface area (Å²) in [5.74, 6) is 2.51. The number of aromatic nitrogens is 2. The van der Waals surface area contributed by atoms with Gasteiger partial charge in [0, 0.05) is 23.6 Å². The minimum absolute atomic E-state index is 0.349. The summed E-state index contributed by atoms with van der Waals surface area (Å²) in [7, 11) is 0. The highest BCUT2D eigenvalue weighted by Crippen LogP contribution is 2.42. The molecule has 0 radical (unpaired) electrons. The molecule has 4 rings (SSSR count). The summed E-state index contributed by atoms with van der Waals surface area (Å²) in [4.78, 5) is 9.16. The molecule has 1 heterocycles. The molecule has 2 aliphatic carbocycles. The molecule has 3 nitrogen and oxygen atoms in total. The Morgan fingerprint density at radius 2 is 1.94 bits per heavy atom. The van der Waals surface area contributed by atoms with Gasteiger partial charge in [0.05, 0.1) is 0 Å². The second-order valence-corrected chi connectivity index (χ2v) is 5.31. The fourth-order valence-corrected chi connectivity index (χ4v) is 2.74. The molecule has 2 aliphatic rings. The van der Waals surface area contributed by atoms with Crippen LogP contribution in [0.15, 0.2) is 30.3 Å². The Morgan fingerprint density at radius 1 is 1.11 bits per heavy atom. The second-order valence-electron chi connectivity index (χ2n) is 5.31. The Bertz CT molecular complexity index is 617. The van der Waals surface area contributed by atoms with E-state index in [1.54, 1.807) is 0 Å². The Hall–Kier alpha value is -1.90. The van der Waals surface area contributed by atoms with E-state index in [9.17, 15) is 0 Å². The number of nitrogen functional groups attached to an aromatic ring is 1. The van der Waals surface area contributed by atoms with E-state index in [0.29, 0.717) is 17.7 Å². The number of hydrogen-bond donors (Lipinski definition) is 1. The van der Waals surface area contributed by atoms with Crippen LogP contribution in [0.3, 0.4) is 0 Å². The van der Waals surface area contributed by atoms with Gasteiger partial charge in [-0.3, -0.25) is 0 Å². The Labute approximate surface area is 106 Å². The van der Waals surface area contributed by atoms with Crippen LogP contribution < -0.4 is 5.73 Å². The van der Waals surface area contributed by atoms with Gasteiger partial charge in [0.15, 0.2) is 0 Å². The highest BCUT2D eigenvalue weighted by Gasteiger charge is 2.32. The van der Waals surface area contributed by atoms with Crippen molar-refractivity contribution in [3.8, 4) is 0 Å². The molecule has 0 saturated heterocycles. The van der Waals surface area contributed by atoms with Crippen molar-refractivity contribution in [1.29, 1.82) is 0 Å². The first kappa shape index (κ1) is 10.1. The maximum Gasteiger partial charge on any atom is 0.138 e. The van der Waals surface area contributed by atoms with Gasteiger partial charge < -0.3 is 5.73 Å². The van der Waals surface area contributed by atoms with Crippen LogP contribution in [0.2, 0.25) is 0 Å². The monoisotopic (exact) mass is 237 g/mol. The lowest BCUT2D eigenvalue weighted by molar-refractivity contribution is 0.655. The average molecular weight is 237 g/mol. The van der Waals surface area contributed by atoms with Crippen molar-refractivity contribution < 1.29 is 0 Å². The largest absolute Gasteiger partial charge is 0.384 e. The molecule has 2 N–H and O–H groups in total. The van der Waals surface area contributed by atoms with E-state index in [4.69, 9.17) is 10.7 Å². The van der Waals surface area contributed by atoms with E-state index in [1.165, 1.54) is 24.0 Å². The van der Waals surface area contributed by atoms with Gasteiger partial charge >= 0.3 is 0 Å². The van der Waals surface area contributed by atoms with Gasteiger partial charge in [-0.1, -0.05) is 24.3 Å². The third kappa shape index (κ3) is 1.50. The van der Waals surface area contributed by atoms with Gasteiger partial charge in [0.25, 0.3) is 0 Å². The quantitative estimate of drug-likeness (QED) is 0.873. The van der Waals surface area contributed by atoms with Gasteiger partial charge in [-0.25, -0.2) is 9.97 Å². The van der Waals surface area contributed by atoms with Crippen LogP contribution in [0.5, 0.6) is 0 Å². The van der Waals surface area contributed by atoms with E-state index in [-0.39, 0.29) is 0 Å². The number of anilines is 1. The van der Waals surface area contributed by atoms with Crippen LogP contribution in [0.25, 0.3) is 0 Å². The SMILES string of the molecule is Nc1cc(C2CC2)nc(C2Cc3ccccc32)n1. The molecule has 0 spiro atoms. The Balaban J connectivity index is 1.74. The summed E-state index contributed by atoms with van der Waals surface area (Å²) in [6.45, 7) is 0. The molecule has 2 aromatic rings. The fraction of sp³-hybridized carbons (Fsp3) is 0.333. The molecule has 18 heavy (non-hydrogen) atoms. The zero-order chi connectivity index (χ0) is 12.1. The Morgan fingerprint density at radius 3 is 2.72 bits per heavy atom. The van der Waals surface area contributed by atoms with Gasteiger partial charge in [0.1, 0.15) is 11.6 Å². The van der Waals surface area contributed by atoms with Crippen molar-refractivity contribution >= 4 is 5.82 Å². The molecule has 0 amide bonds. The molecule has 1 atom stereocenters. The molecular formula is C15H15N3. The first-order chi connectivity index (χ1) is 8.81. The fourth-order valence-electron chi connectivity index (χ4n) is 2.74. The van der Waals surface area contributed by atoms with Crippen molar-refractivity contribution in [2.24, 2.45) is 0 Å². The van der Waals surface area contributed by atoms with Crippen LogP contribution in [0, 0.1) is 0 Å². The number of nitrogens with zero attached hydrogens (tertiary/aromatic N) is 2. The summed E-state index contributed by atoms with van der Waals surface area (Å²) in [6, 6.07) is 10.5. The summed E-state index contributed by atoms with van der Waals surface area (Å²) >= 11 is 0. The predicted molar refractivity (Wildman–Crippen MR) is 70.4 cm³/mol. The zero-order valence-electron chi connectivity index (χ0n) is 10.1. The summed E-state index contributed by atoms with van der Waals surface area (Å²) in [6.07, 6.45) is 3.54. The molecule has 1 fully saturated rings. The topological polar surface area (TPSA) is 51.8 Å². The van der Waals surface area contributed by atoms with Crippen molar-refractivity contribution in [2.75, 3.05) is 5.73 Å². The van der Waals surface area contributed by atoms with E-state index in [0.717, 1.165) is 17.9 Å². The zero-order valence-corrected chi connectivity index (χ0v) is 10.1. The van der Waals surface area contributed by atoms with E-state index >= 15 is 0 Å². The smallest absolute Gasteiger partial charge is 0.138 e. The average Bonchev–Trinajstić information content (AvgIpc) is 3.14. The molecule has 1 aromatic heterocycles. The summed E-state index contributed by atoms with van der Waals surface area (Å²) in [5.41, 5.74) is 9.83. The number of benzene rings is 1. The molecular weight excluding hydrogens is 222 g/mol. The number of rotatable bonds is 2.